The molecule has 0 N–H and O–H groups in total. The number of methoxy groups -OCH3 is 1. The number of carbonyl (C=O) groups excluding carboxylic acids is 1. The van der Waals surface area contributed by atoms with Crippen molar-refractivity contribution in [3.05, 3.63) is 93.8 Å². The van der Waals surface area contributed by atoms with E-state index in [4.69, 9.17) is 9.47 Å². The molecule has 0 bridgehead atoms. The van der Waals surface area contributed by atoms with Crippen molar-refractivity contribution < 1.29 is 14.3 Å². The summed E-state index contributed by atoms with van der Waals surface area (Å²) in [5.74, 6) is 1.95. The Kier molecular flexibility index (Phi) is 7.03. The van der Waals surface area contributed by atoms with Gasteiger partial charge in [0.05, 0.1) is 24.1 Å². The summed E-state index contributed by atoms with van der Waals surface area (Å²) < 4.78 is 12.4. The first kappa shape index (κ1) is 23.6. The Morgan fingerprint density at radius 1 is 0.971 bits per heavy atom. The van der Waals surface area contributed by atoms with Gasteiger partial charge >= 0.3 is 0 Å². The fourth-order valence-electron chi connectivity index (χ4n) is 3.51. The summed E-state index contributed by atoms with van der Waals surface area (Å²) in [4.78, 5) is 30.3. The predicted octanol–water partition coefficient (Wildman–Crippen LogP) is 5.25. The van der Waals surface area contributed by atoms with E-state index in [0.29, 0.717) is 44.4 Å². The van der Waals surface area contributed by atoms with Crippen molar-refractivity contribution in [2.24, 2.45) is 7.05 Å². The second-order valence-corrected chi connectivity index (χ2v) is 9.09. The molecule has 0 amide bonds. The minimum atomic E-state index is -0.109. The maximum Gasteiger partial charge on any atom is 0.261 e. The molecule has 1 aromatic heterocycles. The highest BCUT2D eigenvalue weighted by Crippen LogP contribution is 2.24. The van der Waals surface area contributed by atoms with Gasteiger partial charge in [-0.05, 0) is 61.9 Å². The molecule has 0 unspecified atom stereocenters. The van der Waals surface area contributed by atoms with Crippen molar-refractivity contribution in [1.29, 1.82) is 0 Å². The summed E-state index contributed by atoms with van der Waals surface area (Å²) in [7, 11) is 3.32. The minimum Gasteiger partial charge on any atom is -0.497 e. The van der Waals surface area contributed by atoms with Crippen LogP contribution in [0.3, 0.4) is 0 Å². The van der Waals surface area contributed by atoms with Crippen molar-refractivity contribution in [3.8, 4) is 11.5 Å². The Morgan fingerprint density at radius 2 is 1.59 bits per heavy atom. The standard InChI is InChI=1S/C27H26N2O4S/c1-17(2)33-22-13-14-24-23(15-22)26(31)29(3)27(28-24)34-16-18-5-7-19(8-6-18)25(30)20-9-11-21(32-4)12-10-20/h5-15,17H,16H2,1-4H3. The third-order valence-corrected chi connectivity index (χ3v) is 6.42. The number of hydrogen-bond donors (Lipinski definition) is 0. The maximum atomic E-state index is 12.9. The maximum absolute atomic E-state index is 12.9. The normalized spacial score (nSPS) is 11.1. The van der Waals surface area contributed by atoms with Gasteiger partial charge in [0.15, 0.2) is 10.9 Å². The monoisotopic (exact) mass is 474 g/mol. The fourth-order valence-corrected chi connectivity index (χ4v) is 4.44. The number of benzene rings is 3. The second kappa shape index (κ2) is 10.1. The molecule has 0 aliphatic rings. The number of ketones is 1. The lowest BCUT2D eigenvalue weighted by Gasteiger charge is -2.12. The molecule has 0 aliphatic heterocycles. The van der Waals surface area contributed by atoms with Crippen molar-refractivity contribution >= 4 is 28.4 Å². The molecule has 0 saturated heterocycles. The highest BCUT2D eigenvalue weighted by atomic mass is 32.2. The first-order valence-electron chi connectivity index (χ1n) is 10.9. The number of nitrogens with zero attached hydrogens (tertiary/aromatic N) is 2. The number of rotatable bonds is 8. The molecule has 4 rings (SSSR count). The number of carbonyl (C=O) groups is 1. The summed E-state index contributed by atoms with van der Waals surface area (Å²) in [6.07, 6.45) is 0.0296. The van der Waals surface area contributed by atoms with Crippen LogP contribution in [0.5, 0.6) is 11.5 Å². The SMILES string of the molecule is COc1ccc(C(=O)c2ccc(CSc3nc4ccc(OC(C)C)cc4c(=O)n3C)cc2)cc1. The van der Waals surface area contributed by atoms with Crippen LogP contribution in [0.1, 0.15) is 35.3 Å². The zero-order valence-electron chi connectivity index (χ0n) is 19.6. The first-order chi connectivity index (χ1) is 16.4. The zero-order chi connectivity index (χ0) is 24.2. The lowest BCUT2D eigenvalue weighted by atomic mass is 10.0. The van der Waals surface area contributed by atoms with Crippen molar-refractivity contribution in [2.75, 3.05) is 7.11 Å². The molecular formula is C27H26N2O4S. The van der Waals surface area contributed by atoms with Crippen LogP contribution >= 0.6 is 11.8 Å². The van der Waals surface area contributed by atoms with Crippen LogP contribution in [-0.4, -0.2) is 28.5 Å². The third-order valence-electron chi connectivity index (χ3n) is 5.31. The molecule has 0 radical (unpaired) electrons. The molecule has 34 heavy (non-hydrogen) atoms. The van der Waals surface area contributed by atoms with Gasteiger partial charge in [-0.3, -0.25) is 14.2 Å². The van der Waals surface area contributed by atoms with Gasteiger partial charge in [0.2, 0.25) is 0 Å². The number of aromatic nitrogens is 2. The molecule has 1 heterocycles. The predicted molar refractivity (Wildman–Crippen MR) is 135 cm³/mol. The number of fused-ring (bicyclic) bond motifs is 1. The number of hydrogen-bond acceptors (Lipinski definition) is 6. The lowest BCUT2D eigenvalue weighted by molar-refractivity contribution is 0.103. The van der Waals surface area contributed by atoms with Gasteiger partial charge in [-0.15, -0.1) is 0 Å². The molecule has 0 aliphatic carbocycles. The molecule has 0 spiro atoms. The van der Waals surface area contributed by atoms with E-state index in [1.165, 1.54) is 11.8 Å². The van der Waals surface area contributed by atoms with Crippen LogP contribution < -0.4 is 15.0 Å². The van der Waals surface area contributed by atoms with Gasteiger partial charge in [-0.1, -0.05) is 36.0 Å². The number of thioether (sulfide) groups is 1. The summed E-state index contributed by atoms with van der Waals surface area (Å²) >= 11 is 1.48. The van der Waals surface area contributed by atoms with E-state index in [-0.39, 0.29) is 17.4 Å². The third kappa shape index (κ3) is 5.15. The van der Waals surface area contributed by atoms with Gasteiger partial charge in [0.25, 0.3) is 5.56 Å². The van der Waals surface area contributed by atoms with E-state index in [0.717, 1.165) is 5.56 Å². The van der Waals surface area contributed by atoms with Crippen LogP contribution in [0.15, 0.2) is 76.7 Å². The molecule has 3 aromatic carbocycles. The second-order valence-electron chi connectivity index (χ2n) is 8.15. The zero-order valence-corrected chi connectivity index (χ0v) is 20.4. The van der Waals surface area contributed by atoms with Crippen LogP contribution in [0.25, 0.3) is 10.9 Å². The molecule has 0 atom stereocenters. The van der Waals surface area contributed by atoms with Gasteiger partial charge in [0.1, 0.15) is 11.5 Å². The van der Waals surface area contributed by atoms with E-state index in [1.807, 2.05) is 50.2 Å². The van der Waals surface area contributed by atoms with E-state index >= 15 is 0 Å². The highest BCUT2D eigenvalue weighted by molar-refractivity contribution is 7.98. The van der Waals surface area contributed by atoms with Crippen molar-refractivity contribution in [3.63, 3.8) is 0 Å². The molecule has 4 aromatic rings. The minimum absolute atomic E-state index is 0.0296. The average Bonchev–Trinajstić information content (AvgIpc) is 2.85. The first-order valence-corrected chi connectivity index (χ1v) is 11.9. The molecular weight excluding hydrogens is 448 g/mol. The average molecular weight is 475 g/mol. The Balaban J connectivity index is 1.48. The van der Waals surface area contributed by atoms with Crippen LogP contribution in [0.2, 0.25) is 0 Å². The van der Waals surface area contributed by atoms with E-state index in [2.05, 4.69) is 4.98 Å². The molecule has 174 valence electrons. The molecule has 0 saturated carbocycles. The summed E-state index contributed by atoms with van der Waals surface area (Å²) in [6.45, 7) is 3.89. The van der Waals surface area contributed by atoms with E-state index < -0.39 is 0 Å². The summed E-state index contributed by atoms with van der Waals surface area (Å²) in [6, 6.07) is 20.0. The smallest absolute Gasteiger partial charge is 0.261 e. The molecule has 0 fully saturated rings. The summed E-state index contributed by atoms with van der Waals surface area (Å²) in [5.41, 5.74) is 2.80. The Morgan fingerprint density at radius 3 is 2.21 bits per heavy atom. The Labute approximate surface area is 202 Å². The van der Waals surface area contributed by atoms with E-state index in [1.54, 1.807) is 49.1 Å². The molecule has 7 heteroatoms. The highest BCUT2D eigenvalue weighted by Gasteiger charge is 2.12. The van der Waals surface area contributed by atoms with Crippen LogP contribution in [0, 0.1) is 0 Å². The van der Waals surface area contributed by atoms with Crippen molar-refractivity contribution in [1.82, 2.24) is 9.55 Å². The quantitative estimate of drug-likeness (QED) is 0.197. The van der Waals surface area contributed by atoms with Crippen LogP contribution in [0.4, 0.5) is 0 Å². The largest absolute Gasteiger partial charge is 0.497 e. The summed E-state index contributed by atoms with van der Waals surface area (Å²) in [5, 5.41) is 1.17. The fraction of sp³-hybridized carbons (Fsp3) is 0.222. The Bertz CT molecular complexity index is 1380. The Hall–Kier alpha value is -3.58. The van der Waals surface area contributed by atoms with Crippen LogP contribution in [-0.2, 0) is 12.8 Å². The van der Waals surface area contributed by atoms with Gasteiger partial charge < -0.3 is 9.47 Å². The van der Waals surface area contributed by atoms with Gasteiger partial charge in [-0.25, -0.2) is 4.98 Å². The lowest BCUT2D eigenvalue weighted by Crippen LogP contribution is -2.20. The van der Waals surface area contributed by atoms with E-state index in [9.17, 15) is 9.59 Å². The number of ether oxygens (including phenoxy) is 2. The molecule has 6 nitrogen and oxygen atoms in total. The topological polar surface area (TPSA) is 70.4 Å². The van der Waals surface area contributed by atoms with Crippen molar-refractivity contribution in [2.45, 2.75) is 30.9 Å². The van der Waals surface area contributed by atoms with Gasteiger partial charge in [0, 0.05) is 23.9 Å². The van der Waals surface area contributed by atoms with Gasteiger partial charge in [-0.2, -0.15) is 0 Å².